The van der Waals surface area contributed by atoms with Gasteiger partial charge in [0, 0.05) is 4.90 Å². The molecule has 0 spiro atoms. The minimum atomic E-state index is -1.05. The Kier molecular flexibility index (Phi) is 7.60. The minimum Gasteiger partial charge on any atom is -0.453 e. The van der Waals surface area contributed by atoms with Crippen LogP contribution in [0.1, 0.15) is 22.8 Å². The third-order valence-corrected chi connectivity index (χ3v) is 6.44. The van der Waals surface area contributed by atoms with Crippen molar-refractivity contribution in [1.29, 1.82) is 0 Å². The van der Waals surface area contributed by atoms with Crippen molar-refractivity contribution in [3.63, 3.8) is 0 Å². The summed E-state index contributed by atoms with van der Waals surface area (Å²) in [4.78, 5) is 13.6. The average Bonchev–Trinajstić information content (AvgIpc) is 2.83. The Hall–Kier alpha value is -2.64. The molecule has 1 N–H and O–H groups in total. The van der Waals surface area contributed by atoms with Crippen molar-refractivity contribution in [2.75, 3.05) is 0 Å². The number of thioether (sulfide) groups is 1. The van der Waals surface area contributed by atoms with E-state index in [0.717, 1.165) is 10.5 Å². The molecule has 1 fully saturated rings. The number of hydrogen-bond acceptors (Lipinski definition) is 6. The zero-order valence-corrected chi connectivity index (χ0v) is 18.6. The van der Waals surface area contributed by atoms with Gasteiger partial charge in [-0.05, 0) is 36.8 Å². The summed E-state index contributed by atoms with van der Waals surface area (Å²) in [5.74, 6) is -0.499. The van der Waals surface area contributed by atoms with Gasteiger partial charge in [-0.3, -0.25) is 0 Å². The van der Waals surface area contributed by atoms with E-state index in [4.69, 9.17) is 14.2 Å². The number of aliphatic hydroxyl groups excluding tert-OH is 1. The van der Waals surface area contributed by atoms with E-state index in [1.165, 1.54) is 11.8 Å². The molecule has 1 heterocycles. The van der Waals surface area contributed by atoms with Gasteiger partial charge < -0.3 is 19.3 Å². The quantitative estimate of drug-likeness (QED) is 0.527. The number of esters is 1. The molecular weight excluding hydrogens is 424 g/mol. The maximum Gasteiger partial charge on any atom is 0.338 e. The van der Waals surface area contributed by atoms with Gasteiger partial charge in [0.05, 0.1) is 18.3 Å². The Morgan fingerprint density at radius 1 is 0.906 bits per heavy atom. The van der Waals surface area contributed by atoms with Gasteiger partial charge in [-0.25, -0.2) is 4.79 Å². The molecular formula is C26H26O5S. The molecule has 5 nitrogen and oxygen atoms in total. The fourth-order valence-electron chi connectivity index (χ4n) is 3.60. The van der Waals surface area contributed by atoms with E-state index in [1.807, 2.05) is 66.7 Å². The van der Waals surface area contributed by atoms with Crippen LogP contribution in [0.3, 0.4) is 0 Å². The van der Waals surface area contributed by atoms with E-state index in [2.05, 4.69) is 0 Å². The average molecular weight is 451 g/mol. The van der Waals surface area contributed by atoms with Crippen LogP contribution in [0.25, 0.3) is 0 Å². The van der Waals surface area contributed by atoms with Crippen molar-refractivity contribution in [3.05, 3.63) is 102 Å². The molecule has 166 valence electrons. The molecule has 0 saturated carbocycles. The lowest BCUT2D eigenvalue weighted by Crippen LogP contribution is -2.57. The first-order valence-electron chi connectivity index (χ1n) is 10.6. The summed E-state index contributed by atoms with van der Waals surface area (Å²) >= 11 is 1.48. The predicted octanol–water partition coefficient (Wildman–Crippen LogP) is 4.70. The van der Waals surface area contributed by atoms with Gasteiger partial charge >= 0.3 is 5.97 Å². The summed E-state index contributed by atoms with van der Waals surface area (Å²) in [6.07, 6.45) is -3.09. The normalized spacial score (nSPS) is 25.2. The molecule has 3 aromatic rings. The topological polar surface area (TPSA) is 65.0 Å². The Bertz CT molecular complexity index is 983. The van der Waals surface area contributed by atoms with Crippen molar-refractivity contribution < 1.29 is 24.1 Å². The zero-order chi connectivity index (χ0) is 22.3. The molecule has 4 rings (SSSR count). The lowest BCUT2D eigenvalue weighted by atomic mass is 10.00. The molecule has 0 bridgehead atoms. The standard InChI is InChI=1S/C26H26O5S/c1-18-23(31-25(28)20-13-7-3-8-14-20)22(27)24(29-17-19-11-5-2-6-12-19)26(30-18)32-21-15-9-4-10-16-21/h2-16,18,22-24,26-27H,17H2,1H3/t18-,22-,23-,24-,26+/m1/s1. The summed E-state index contributed by atoms with van der Waals surface area (Å²) in [5.41, 5.74) is 0.951. The molecule has 0 aliphatic carbocycles. The first kappa shape index (κ1) is 22.6. The number of ether oxygens (including phenoxy) is 3. The number of rotatable bonds is 7. The SMILES string of the molecule is C[C@H]1O[C@@H](Sc2ccccc2)[C@H](OCc2ccccc2)[C@H](O)[C@@H]1OC(=O)c1ccccc1. The Morgan fingerprint density at radius 3 is 2.16 bits per heavy atom. The molecule has 1 aliphatic heterocycles. The van der Waals surface area contributed by atoms with Crippen LogP contribution in [-0.4, -0.2) is 40.9 Å². The van der Waals surface area contributed by atoms with Gasteiger partial charge in [-0.15, -0.1) is 0 Å². The van der Waals surface area contributed by atoms with E-state index in [1.54, 1.807) is 31.2 Å². The van der Waals surface area contributed by atoms with E-state index < -0.39 is 35.8 Å². The Morgan fingerprint density at radius 2 is 1.50 bits per heavy atom. The molecule has 0 aromatic heterocycles. The van der Waals surface area contributed by atoms with Crippen molar-refractivity contribution in [2.45, 2.75) is 48.3 Å². The van der Waals surface area contributed by atoms with Crippen molar-refractivity contribution in [1.82, 2.24) is 0 Å². The molecule has 32 heavy (non-hydrogen) atoms. The van der Waals surface area contributed by atoms with Crippen molar-refractivity contribution in [3.8, 4) is 0 Å². The number of hydrogen-bond donors (Lipinski definition) is 1. The molecule has 6 heteroatoms. The molecule has 1 saturated heterocycles. The molecule has 0 amide bonds. The molecule has 5 atom stereocenters. The third kappa shape index (κ3) is 5.58. The lowest BCUT2D eigenvalue weighted by molar-refractivity contribution is -0.210. The van der Waals surface area contributed by atoms with E-state index in [-0.39, 0.29) is 0 Å². The van der Waals surface area contributed by atoms with Crippen LogP contribution < -0.4 is 0 Å². The predicted molar refractivity (Wildman–Crippen MR) is 123 cm³/mol. The minimum absolute atomic E-state index is 0.311. The van der Waals surface area contributed by atoms with E-state index in [0.29, 0.717) is 12.2 Å². The number of carbonyl (C=O) groups is 1. The largest absolute Gasteiger partial charge is 0.453 e. The summed E-state index contributed by atoms with van der Waals surface area (Å²) in [7, 11) is 0. The second-order valence-corrected chi connectivity index (χ2v) is 8.80. The van der Waals surface area contributed by atoms with E-state index in [9.17, 15) is 9.90 Å². The highest BCUT2D eigenvalue weighted by molar-refractivity contribution is 7.99. The van der Waals surface area contributed by atoms with Gasteiger partial charge in [-0.1, -0.05) is 78.5 Å². The zero-order valence-electron chi connectivity index (χ0n) is 17.7. The molecule has 1 aliphatic rings. The highest BCUT2D eigenvalue weighted by atomic mass is 32.2. The van der Waals surface area contributed by atoms with Gasteiger partial charge in [0.25, 0.3) is 0 Å². The number of carbonyl (C=O) groups excluding carboxylic acids is 1. The highest BCUT2D eigenvalue weighted by Crippen LogP contribution is 2.36. The third-order valence-electron chi connectivity index (χ3n) is 5.29. The summed E-state index contributed by atoms with van der Waals surface area (Å²) in [6.45, 7) is 2.11. The summed E-state index contributed by atoms with van der Waals surface area (Å²) in [6, 6.07) is 28.3. The van der Waals surface area contributed by atoms with Crippen molar-refractivity contribution >= 4 is 17.7 Å². The summed E-state index contributed by atoms with van der Waals surface area (Å²) in [5, 5.41) is 11.2. The van der Waals surface area contributed by atoms with Crippen LogP contribution in [0.2, 0.25) is 0 Å². The van der Waals surface area contributed by atoms with Crippen LogP contribution in [0.15, 0.2) is 95.9 Å². The van der Waals surface area contributed by atoms with Crippen LogP contribution in [0.5, 0.6) is 0 Å². The fraction of sp³-hybridized carbons (Fsp3) is 0.269. The molecule has 0 radical (unpaired) electrons. The monoisotopic (exact) mass is 450 g/mol. The Labute approximate surface area is 192 Å². The van der Waals surface area contributed by atoms with E-state index >= 15 is 0 Å². The fourth-order valence-corrected chi connectivity index (χ4v) is 4.78. The number of benzene rings is 3. The maximum atomic E-state index is 12.6. The number of aliphatic hydroxyl groups is 1. The van der Waals surface area contributed by atoms with Crippen LogP contribution in [0, 0.1) is 0 Å². The van der Waals surface area contributed by atoms with Gasteiger partial charge in [0.15, 0.2) is 6.10 Å². The van der Waals surface area contributed by atoms with Gasteiger partial charge in [0.1, 0.15) is 17.6 Å². The van der Waals surface area contributed by atoms with Crippen molar-refractivity contribution in [2.24, 2.45) is 0 Å². The summed E-state index contributed by atoms with van der Waals surface area (Å²) < 4.78 is 18.0. The molecule has 3 aromatic carbocycles. The molecule has 0 unspecified atom stereocenters. The Balaban J connectivity index is 1.52. The first-order chi connectivity index (χ1) is 15.6. The second-order valence-electron chi connectivity index (χ2n) is 7.63. The van der Waals surface area contributed by atoms with Crippen LogP contribution in [0.4, 0.5) is 0 Å². The first-order valence-corrected chi connectivity index (χ1v) is 11.5. The maximum absolute atomic E-state index is 12.6. The van der Waals surface area contributed by atoms with Crippen LogP contribution >= 0.6 is 11.8 Å². The highest BCUT2D eigenvalue weighted by Gasteiger charge is 2.46. The van der Waals surface area contributed by atoms with Gasteiger partial charge in [0.2, 0.25) is 0 Å². The second kappa shape index (κ2) is 10.8. The lowest BCUT2D eigenvalue weighted by Gasteiger charge is -2.42. The van der Waals surface area contributed by atoms with Crippen LogP contribution in [-0.2, 0) is 20.8 Å². The van der Waals surface area contributed by atoms with Gasteiger partial charge in [-0.2, -0.15) is 0 Å². The smallest absolute Gasteiger partial charge is 0.338 e.